The van der Waals surface area contributed by atoms with Crippen LogP contribution < -0.4 is 26.8 Å². The molecule has 0 aromatic heterocycles. The predicted octanol–water partition coefficient (Wildman–Crippen LogP) is 0.0916. The molecule has 0 aliphatic carbocycles. The van der Waals surface area contributed by atoms with Gasteiger partial charge < -0.3 is 22.1 Å². The summed E-state index contributed by atoms with van der Waals surface area (Å²) in [5.41, 5.74) is 16.8. The molecule has 7 N–H and O–H groups in total. The van der Waals surface area contributed by atoms with Crippen molar-refractivity contribution in [2.24, 2.45) is 22.2 Å². The zero-order chi connectivity index (χ0) is 20.9. The Morgan fingerprint density at radius 2 is 1.75 bits per heavy atom. The summed E-state index contributed by atoms with van der Waals surface area (Å²) >= 11 is 0. The van der Waals surface area contributed by atoms with Crippen LogP contribution in [0, 0.1) is 0 Å². The van der Waals surface area contributed by atoms with E-state index in [0.29, 0.717) is 11.8 Å². The molecule has 2 aromatic carbocycles. The number of sulfonamides is 1. The lowest BCUT2D eigenvalue weighted by molar-refractivity contribution is -0.119. The van der Waals surface area contributed by atoms with Gasteiger partial charge in [0.1, 0.15) is 6.04 Å². The van der Waals surface area contributed by atoms with Gasteiger partial charge in [-0.3, -0.25) is 9.79 Å². The summed E-state index contributed by atoms with van der Waals surface area (Å²) in [4.78, 5) is 17.6. The van der Waals surface area contributed by atoms with E-state index in [9.17, 15) is 13.2 Å². The molecule has 152 valence electrons. The Kier molecular flexibility index (Phi) is 6.81. The van der Waals surface area contributed by atoms with Crippen molar-refractivity contribution >= 4 is 38.3 Å². The lowest BCUT2D eigenvalue weighted by atomic mass is 10.1. The highest BCUT2D eigenvalue weighted by Crippen LogP contribution is 2.30. The van der Waals surface area contributed by atoms with Crippen molar-refractivity contribution in [3.63, 3.8) is 0 Å². The highest BCUT2D eigenvalue weighted by atomic mass is 32.2. The number of amides is 1. The number of nitrogens with zero attached hydrogens (tertiary/aromatic N) is 2. The Morgan fingerprint density at radius 3 is 2.36 bits per heavy atom. The van der Waals surface area contributed by atoms with Gasteiger partial charge >= 0.3 is 0 Å². The first-order valence-electron chi connectivity index (χ1n) is 8.69. The van der Waals surface area contributed by atoms with Gasteiger partial charge in [-0.25, -0.2) is 8.42 Å². The van der Waals surface area contributed by atoms with Crippen LogP contribution in [0.25, 0.3) is 10.8 Å². The molecule has 0 unspecified atom stereocenters. The van der Waals surface area contributed by atoms with Crippen LogP contribution in [0.4, 0.5) is 5.69 Å². The molecule has 0 bridgehead atoms. The summed E-state index contributed by atoms with van der Waals surface area (Å²) in [6.45, 7) is 0.272. The quantitative estimate of drug-likeness (QED) is 0.263. The van der Waals surface area contributed by atoms with E-state index in [4.69, 9.17) is 17.2 Å². The summed E-state index contributed by atoms with van der Waals surface area (Å²) in [6.07, 6.45) is 0.577. The molecule has 28 heavy (non-hydrogen) atoms. The average Bonchev–Trinajstić information content (AvgIpc) is 2.62. The average molecular weight is 407 g/mol. The number of benzene rings is 2. The van der Waals surface area contributed by atoms with Crippen LogP contribution in [0.15, 0.2) is 46.3 Å². The van der Waals surface area contributed by atoms with E-state index < -0.39 is 22.0 Å². The van der Waals surface area contributed by atoms with Crippen molar-refractivity contribution in [3.8, 4) is 0 Å². The van der Waals surface area contributed by atoms with Crippen LogP contribution in [0.2, 0.25) is 0 Å². The molecule has 0 saturated heterocycles. The summed E-state index contributed by atoms with van der Waals surface area (Å²) in [5.74, 6) is -0.828. The second-order valence-corrected chi connectivity index (χ2v) is 8.23. The number of guanidine groups is 1. The number of hydrogen-bond donors (Lipinski definition) is 4. The molecule has 0 aliphatic heterocycles. The molecule has 1 amide bonds. The Labute approximate surface area is 164 Å². The van der Waals surface area contributed by atoms with Gasteiger partial charge in [0.25, 0.3) is 0 Å². The van der Waals surface area contributed by atoms with Gasteiger partial charge in [0.15, 0.2) is 5.96 Å². The molecule has 10 heteroatoms. The van der Waals surface area contributed by atoms with Crippen molar-refractivity contribution in [2.45, 2.75) is 23.8 Å². The van der Waals surface area contributed by atoms with E-state index in [-0.39, 0.29) is 23.8 Å². The van der Waals surface area contributed by atoms with E-state index in [1.807, 2.05) is 31.1 Å². The minimum atomic E-state index is -3.98. The van der Waals surface area contributed by atoms with Gasteiger partial charge in [0, 0.05) is 37.1 Å². The van der Waals surface area contributed by atoms with E-state index in [1.165, 1.54) is 6.07 Å². The van der Waals surface area contributed by atoms with Crippen LogP contribution in [0.1, 0.15) is 12.8 Å². The van der Waals surface area contributed by atoms with Gasteiger partial charge in [-0.15, -0.1) is 0 Å². The monoisotopic (exact) mass is 406 g/mol. The number of aliphatic imine (C=N–C) groups is 1. The molecule has 0 heterocycles. The predicted molar refractivity (Wildman–Crippen MR) is 111 cm³/mol. The number of nitrogens with two attached hydrogens (primary N) is 3. The van der Waals surface area contributed by atoms with Crippen molar-refractivity contribution in [2.75, 3.05) is 25.5 Å². The Morgan fingerprint density at radius 1 is 1.11 bits per heavy atom. The molecule has 0 radical (unpaired) electrons. The largest absolute Gasteiger partial charge is 0.377 e. The fourth-order valence-corrected chi connectivity index (χ4v) is 4.36. The number of anilines is 1. The summed E-state index contributed by atoms with van der Waals surface area (Å²) in [6, 6.07) is 9.38. The fourth-order valence-electron chi connectivity index (χ4n) is 2.90. The standard InChI is InChI=1S/C18H26N6O3S/c1-24(2)15-9-3-7-13-12(15)6-4-10-16(13)28(26,27)23-14(17(19)25)8-5-11-22-18(20)21/h3-4,6-7,9-10,14,23H,5,8,11H2,1-2H3,(H2,19,25)(H4,20,21,22)/t14-/m0/s1. The Bertz CT molecular complexity index is 984. The van der Waals surface area contributed by atoms with E-state index in [0.717, 1.165) is 11.1 Å². The maximum atomic E-state index is 13.0. The first kappa shape index (κ1) is 21.5. The maximum absolute atomic E-state index is 13.0. The number of carbonyl (C=O) groups is 1. The second kappa shape index (κ2) is 8.89. The highest BCUT2D eigenvalue weighted by Gasteiger charge is 2.25. The van der Waals surface area contributed by atoms with Crippen molar-refractivity contribution in [1.82, 2.24) is 4.72 Å². The molecule has 2 rings (SSSR count). The first-order valence-corrected chi connectivity index (χ1v) is 10.2. The molecule has 0 fully saturated rings. The normalized spacial score (nSPS) is 12.5. The molecule has 1 atom stereocenters. The Balaban J connectivity index is 2.34. The number of rotatable bonds is 9. The lowest BCUT2D eigenvalue weighted by Gasteiger charge is -2.19. The fraction of sp³-hybridized carbons (Fsp3) is 0.333. The van der Waals surface area contributed by atoms with Gasteiger partial charge in [-0.05, 0) is 25.0 Å². The van der Waals surface area contributed by atoms with Crippen LogP contribution in [0.3, 0.4) is 0 Å². The number of hydrogen-bond acceptors (Lipinski definition) is 5. The van der Waals surface area contributed by atoms with Gasteiger partial charge in [-0.2, -0.15) is 4.72 Å². The van der Waals surface area contributed by atoms with Crippen molar-refractivity contribution < 1.29 is 13.2 Å². The van der Waals surface area contributed by atoms with Gasteiger partial charge in [0.05, 0.1) is 4.90 Å². The number of nitrogens with one attached hydrogen (secondary N) is 1. The minimum absolute atomic E-state index is 0.0661. The zero-order valence-electron chi connectivity index (χ0n) is 15.9. The summed E-state index contributed by atoms with van der Waals surface area (Å²) in [7, 11) is -0.216. The highest BCUT2D eigenvalue weighted by molar-refractivity contribution is 7.89. The molecule has 2 aromatic rings. The number of fused-ring (bicyclic) bond motifs is 1. The van der Waals surface area contributed by atoms with E-state index >= 15 is 0 Å². The summed E-state index contributed by atoms with van der Waals surface area (Å²) in [5, 5.41) is 1.35. The third-order valence-corrected chi connectivity index (χ3v) is 5.75. The first-order chi connectivity index (χ1) is 13.1. The van der Waals surface area contributed by atoms with E-state index in [1.54, 1.807) is 18.2 Å². The molecule has 0 saturated carbocycles. The third-order valence-electron chi connectivity index (χ3n) is 4.22. The third kappa shape index (κ3) is 5.11. The van der Waals surface area contributed by atoms with E-state index in [2.05, 4.69) is 9.71 Å². The maximum Gasteiger partial charge on any atom is 0.241 e. The second-order valence-electron chi connectivity index (χ2n) is 6.55. The van der Waals surface area contributed by atoms with Crippen molar-refractivity contribution in [1.29, 1.82) is 0 Å². The number of primary amides is 1. The van der Waals surface area contributed by atoms with Crippen LogP contribution >= 0.6 is 0 Å². The number of carbonyl (C=O) groups excluding carboxylic acids is 1. The van der Waals surface area contributed by atoms with Crippen molar-refractivity contribution in [3.05, 3.63) is 36.4 Å². The topological polar surface area (TPSA) is 157 Å². The minimum Gasteiger partial charge on any atom is -0.377 e. The molecular formula is C18H26N6O3S. The van der Waals surface area contributed by atoms with Gasteiger partial charge in [0.2, 0.25) is 15.9 Å². The van der Waals surface area contributed by atoms with Crippen LogP contribution in [-0.4, -0.2) is 47.0 Å². The van der Waals surface area contributed by atoms with Crippen LogP contribution in [0.5, 0.6) is 0 Å². The molecule has 0 spiro atoms. The smallest absolute Gasteiger partial charge is 0.241 e. The molecular weight excluding hydrogens is 380 g/mol. The SMILES string of the molecule is CN(C)c1cccc2c(S(=O)(=O)N[C@@H](CCCN=C(N)N)C(N)=O)cccc12. The Hall–Kier alpha value is -2.85. The van der Waals surface area contributed by atoms with Gasteiger partial charge in [-0.1, -0.05) is 24.3 Å². The summed E-state index contributed by atoms with van der Waals surface area (Å²) < 4.78 is 28.4. The van der Waals surface area contributed by atoms with Crippen LogP contribution in [-0.2, 0) is 14.8 Å². The molecule has 0 aliphatic rings. The lowest BCUT2D eigenvalue weighted by Crippen LogP contribution is -2.44. The zero-order valence-corrected chi connectivity index (χ0v) is 16.7. The molecule has 9 nitrogen and oxygen atoms in total.